The standard InChI is InChI=1S/C16H21FN2O2S/c1-19(11-13-8-7-12(10-18)9-14(13)17)15-5-3-4-6-16(15)22(2,20)21/h7-9,15-16H,3-6,11H2,1-2H3/t15-,16+/m0/s1. The SMILES string of the molecule is CN(Cc1ccc(C#N)cc1F)[C@H]1CCCC[C@H]1S(C)(=O)=O. The first-order valence-electron chi connectivity index (χ1n) is 7.40. The predicted molar refractivity (Wildman–Crippen MR) is 83.5 cm³/mol. The van der Waals surface area contributed by atoms with Crippen LogP contribution in [0.15, 0.2) is 18.2 Å². The molecule has 0 aliphatic heterocycles. The minimum atomic E-state index is -3.11. The number of halogens is 1. The average molecular weight is 324 g/mol. The van der Waals surface area contributed by atoms with Crippen molar-refractivity contribution in [3.05, 3.63) is 35.1 Å². The Hall–Kier alpha value is -1.45. The van der Waals surface area contributed by atoms with Crippen LogP contribution in [0.2, 0.25) is 0 Å². The van der Waals surface area contributed by atoms with Gasteiger partial charge in [0, 0.05) is 24.4 Å². The topological polar surface area (TPSA) is 61.2 Å². The summed E-state index contributed by atoms with van der Waals surface area (Å²) in [5.74, 6) is -0.419. The van der Waals surface area contributed by atoms with Gasteiger partial charge in [-0.05, 0) is 32.0 Å². The van der Waals surface area contributed by atoms with Crippen molar-refractivity contribution in [3.63, 3.8) is 0 Å². The number of nitriles is 1. The lowest BCUT2D eigenvalue weighted by molar-refractivity contribution is 0.185. The first-order valence-corrected chi connectivity index (χ1v) is 9.36. The molecule has 2 atom stereocenters. The van der Waals surface area contributed by atoms with Gasteiger partial charge in [-0.2, -0.15) is 5.26 Å². The van der Waals surface area contributed by atoms with E-state index in [0.29, 0.717) is 18.5 Å². The van der Waals surface area contributed by atoms with Crippen molar-refractivity contribution in [1.82, 2.24) is 4.90 Å². The molecule has 22 heavy (non-hydrogen) atoms. The largest absolute Gasteiger partial charge is 0.298 e. The molecule has 0 saturated heterocycles. The Labute approximate surface area is 131 Å². The van der Waals surface area contributed by atoms with Crippen molar-refractivity contribution in [2.24, 2.45) is 0 Å². The molecule has 4 nitrogen and oxygen atoms in total. The molecule has 0 radical (unpaired) electrons. The van der Waals surface area contributed by atoms with Crippen molar-refractivity contribution < 1.29 is 12.8 Å². The summed E-state index contributed by atoms with van der Waals surface area (Å²) >= 11 is 0. The van der Waals surface area contributed by atoms with E-state index in [0.717, 1.165) is 19.3 Å². The molecule has 1 aromatic carbocycles. The molecular formula is C16H21FN2O2S. The van der Waals surface area contributed by atoms with Gasteiger partial charge in [-0.1, -0.05) is 18.9 Å². The van der Waals surface area contributed by atoms with E-state index in [4.69, 9.17) is 5.26 Å². The number of benzene rings is 1. The fraction of sp³-hybridized carbons (Fsp3) is 0.562. The summed E-state index contributed by atoms with van der Waals surface area (Å²) in [6.07, 6.45) is 4.69. The van der Waals surface area contributed by atoms with Gasteiger partial charge in [-0.15, -0.1) is 0 Å². The van der Waals surface area contributed by atoms with Crippen LogP contribution >= 0.6 is 0 Å². The summed E-state index contributed by atoms with van der Waals surface area (Å²) in [6, 6.07) is 6.23. The second-order valence-corrected chi connectivity index (χ2v) is 8.32. The number of nitrogens with zero attached hydrogens (tertiary/aromatic N) is 2. The highest BCUT2D eigenvalue weighted by molar-refractivity contribution is 7.91. The summed E-state index contributed by atoms with van der Waals surface area (Å²) in [5.41, 5.74) is 0.773. The Morgan fingerprint density at radius 3 is 2.64 bits per heavy atom. The molecule has 2 rings (SSSR count). The molecule has 0 amide bonds. The summed E-state index contributed by atoms with van der Waals surface area (Å²) in [6.45, 7) is 0.341. The van der Waals surface area contributed by atoms with Gasteiger partial charge in [-0.25, -0.2) is 12.8 Å². The lowest BCUT2D eigenvalue weighted by atomic mass is 9.93. The maximum Gasteiger partial charge on any atom is 0.151 e. The fourth-order valence-corrected chi connectivity index (χ4v) is 4.72. The van der Waals surface area contributed by atoms with Gasteiger partial charge in [0.25, 0.3) is 0 Å². The quantitative estimate of drug-likeness (QED) is 0.854. The van der Waals surface area contributed by atoms with Crippen molar-refractivity contribution >= 4 is 9.84 Å². The van der Waals surface area contributed by atoms with E-state index in [1.54, 1.807) is 12.1 Å². The second-order valence-electron chi connectivity index (χ2n) is 6.05. The Bertz CT molecular complexity index is 682. The van der Waals surface area contributed by atoms with Crippen LogP contribution in [-0.2, 0) is 16.4 Å². The van der Waals surface area contributed by atoms with Crippen LogP contribution in [0, 0.1) is 17.1 Å². The third-order valence-corrected chi connectivity index (χ3v) is 6.04. The monoisotopic (exact) mass is 324 g/mol. The van der Waals surface area contributed by atoms with Gasteiger partial charge in [0.05, 0.1) is 16.9 Å². The molecule has 0 spiro atoms. The average Bonchev–Trinajstić information content (AvgIpc) is 2.48. The van der Waals surface area contributed by atoms with Crippen LogP contribution in [0.25, 0.3) is 0 Å². The third-order valence-electron chi connectivity index (χ3n) is 4.39. The minimum absolute atomic E-state index is 0.0845. The second kappa shape index (κ2) is 6.76. The number of hydrogen-bond donors (Lipinski definition) is 0. The Balaban J connectivity index is 2.17. The van der Waals surface area contributed by atoms with Gasteiger partial charge in [-0.3, -0.25) is 4.90 Å². The highest BCUT2D eigenvalue weighted by Crippen LogP contribution is 2.28. The van der Waals surface area contributed by atoms with Crippen LogP contribution < -0.4 is 0 Å². The van der Waals surface area contributed by atoms with Gasteiger partial charge in [0.1, 0.15) is 5.82 Å². The smallest absolute Gasteiger partial charge is 0.151 e. The van der Waals surface area contributed by atoms with E-state index in [1.165, 1.54) is 12.3 Å². The van der Waals surface area contributed by atoms with Gasteiger partial charge >= 0.3 is 0 Å². The molecule has 0 N–H and O–H groups in total. The molecule has 0 aromatic heterocycles. The molecule has 1 fully saturated rings. The minimum Gasteiger partial charge on any atom is -0.298 e. The summed E-state index contributed by atoms with van der Waals surface area (Å²) < 4.78 is 37.9. The molecule has 0 unspecified atom stereocenters. The zero-order valence-electron chi connectivity index (χ0n) is 12.9. The number of rotatable bonds is 4. The number of hydrogen-bond acceptors (Lipinski definition) is 4. The molecule has 0 bridgehead atoms. The highest BCUT2D eigenvalue weighted by Gasteiger charge is 2.35. The van der Waals surface area contributed by atoms with E-state index in [2.05, 4.69) is 0 Å². The van der Waals surface area contributed by atoms with Gasteiger partial charge in [0.15, 0.2) is 9.84 Å². The van der Waals surface area contributed by atoms with Crippen molar-refractivity contribution in [1.29, 1.82) is 5.26 Å². The molecule has 1 aliphatic carbocycles. The third kappa shape index (κ3) is 3.84. The van der Waals surface area contributed by atoms with Gasteiger partial charge in [0.2, 0.25) is 0 Å². The molecule has 6 heteroatoms. The predicted octanol–water partition coefficient (Wildman–Crippen LogP) is 2.48. The zero-order valence-corrected chi connectivity index (χ0v) is 13.7. The van der Waals surface area contributed by atoms with Crippen LogP contribution in [0.1, 0.15) is 36.8 Å². The first kappa shape index (κ1) is 16.9. The molecule has 120 valence electrons. The van der Waals surface area contributed by atoms with E-state index >= 15 is 0 Å². The van der Waals surface area contributed by atoms with Crippen LogP contribution in [0.4, 0.5) is 4.39 Å². The Morgan fingerprint density at radius 2 is 2.05 bits per heavy atom. The summed E-state index contributed by atoms with van der Waals surface area (Å²) in [7, 11) is -1.27. The first-order chi connectivity index (χ1) is 10.3. The molecular weight excluding hydrogens is 303 g/mol. The van der Waals surface area contributed by atoms with Crippen LogP contribution in [-0.4, -0.2) is 37.9 Å². The van der Waals surface area contributed by atoms with Gasteiger partial charge < -0.3 is 0 Å². The zero-order chi connectivity index (χ0) is 16.3. The molecule has 0 heterocycles. The molecule has 1 saturated carbocycles. The van der Waals surface area contributed by atoms with E-state index in [-0.39, 0.29) is 16.9 Å². The van der Waals surface area contributed by atoms with E-state index in [1.807, 2.05) is 18.0 Å². The van der Waals surface area contributed by atoms with E-state index in [9.17, 15) is 12.8 Å². The lowest BCUT2D eigenvalue weighted by Crippen LogP contribution is -2.46. The highest BCUT2D eigenvalue weighted by atomic mass is 32.2. The maximum absolute atomic E-state index is 14.0. The maximum atomic E-state index is 14.0. The van der Waals surface area contributed by atoms with Crippen molar-refractivity contribution in [2.75, 3.05) is 13.3 Å². The Kier molecular flexibility index (Phi) is 5.20. The lowest BCUT2D eigenvalue weighted by Gasteiger charge is -2.37. The van der Waals surface area contributed by atoms with Crippen LogP contribution in [0.3, 0.4) is 0 Å². The Morgan fingerprint density at radius 1 is 1.36 bits per heavy atom. The number of sulfone groups is 1. The summed E-state index contributed by atoms with van der Waals surface area (Å²) in [4.78, 5) is 1.93. The van der Waals surface area contributed by atoms with E-state index < -0.39 is 15.7 Å². The van der Waals surface area contributed by atoms with Crippen molar-refractivity contribution in [3.8, 4) is 6.07 Å². The van der Waals surface area contributed by atoms with Crippen molar-refractivity contribution in [2.45, 2.75) is 43.5 Å². The fourth-order valence-electron chi connectivity index (χ4n) is 3.21. The normalized spacial score (nSPS) is 22.5. The summed E-state index contributed by atoms with van der Waals surface area (Å²) in [5, 5.41) is 8.39. The van der Waals surface area contributed by atoms with Crippen LogP contribution in [0.5, 0.6) is 0 Å². The molecule has 1 aromatic rings. The molecule has 1 aliphatic rings.